The fourth-order valence-electron chi connectivity index (χ4n) is 3.64. The average Bonchev–Trinajstić information content (AvgIpc) is 2.81. The minimum atomic E-state index is -0.247. The number of nitrogens with zero attached hydrogens (tertiary/aromatic N) is 1. The Morgan fingerprint density at radius 2 is 1.79 bits per heavy atom. The number of methoxy groups -OCH3 is 1. The zero-order chi connectivity index (χ0) is 16.9. The highest BCUT2D eigenvalue weighted by Gasteiger charge is 2.35. The van der Waals surface area contributed by atoms with Crippen molar-refractivity contribution in [2.75, 3.05) is 18.6 Å². The molecule has 5 heteroatoms. The predicted octanol–water partition coefficient (Wildman–Crippen LogP) is 2.89. The lowest BCUT2D eigenvalue weighted by Crippen LogP contribution is -2.39. The molecule has 1 saturated heterocycles. The Hall–Kier alpha value is -2.04. The van der Waals surface area contributed by atoms with Gasteiger partial charge in [0.15, 0.2) is 0 Å². The fraction of sp³-hybridized carbons (Fsp3) is 0.579. The van der Waals surface area contributed by atoms with Crippen molar-refractivity contribution in [3.05, 3.63) is 24.3 Å². The molecule has 2 aliphatic rings. The number of hydrogen-bond donors (Lipinski definition) is 1. The van der Waals surface area contributed by atoms with Gasteiger partial charge in [0.25, 0.3) is 0 Å². The summed E-state index contributed by atoms with van der Waals surface area (Å²) in [4.78, 5) is 26.5. The van der Waals surface area contributed by atoms with Crippen LogP contribution in [0.4, 0.5) is 5.69 Å². The summed E-state index contributed by atoms with van der Waals surface area (Å²) < 4.78 is 5.15. The second-order valence-electron chi connectivity index (χ2n) is 6.80. The Morgan fingerprint density at radius 1 is 1.12 bits per heavy atom. The molecule has 2 fully saturated rings. The number of anilines is 1. The van der Waals surface area contributed by atoms with Crippen LogP contribution < -0.4 is 15.0 Å². The highest BCUT2D eigenvalue weighted by atomic mass is 16.5. The van der Waals surface area contributed by atoms with Crippen LogP contribution >= 0.6 is 0 Å². The number of hydrogen-bond acceptors (Lipinski definition) is 3. The second kappa shape index (κ2) is 7.69. The molecule has 1 saturated carbocycles. The van der Waals surface area contributed by atoms with Crippen LogP contribution in [0.25, 0.3) is 0 Å². The van der Waals surface area contributed by atoms with Gasteiger partial charge in [-0.1, -0.05) is 25.7 Å². The summed E-state index contributed by atoms with van der Waals surface area (Å²) in [6.45, 7) is 0.462. The van der Waals surface area contributed by atoms with E-state index in [9.17, 15) is 9.59 Å². The summed E-state index contributed by atoms with van der Waals surface area (Å²) in [5.74, 6) is 0.559. The Morgan fingerprint density at radius 3 is 2.42 bits per heavy atom. The van der Waals surface area contributed by atoms with Crippen LogP contribution in [0.1, 0.15) is 44.9 Å². The van der Waals surface area contributed by atoms with Crippen molar-refractivity contribution in [3.63, 3.8) is 0 Å². The summed E-state index contributed by atoms with van der Waals surface area (Å²) in [5.41, 5.74) is 0.825. The molecule has 3 rings (SSSR count). The van der Waals surface area contributed by atoms with Crippen molar-refractivity contribution in [2.24, 2.45) is 5.92 Å². The Kier molecular flexibility index (Phi) is 5.38. The lowest BCUT2D eigenvalue weighted by molar-refractivity contribution is -0.127. The third-order valence-electron chi connectivity index (χ3n) is 5.08. The van der Waals surface area contributed by atoms with Crippen molar-refractivity contribution >= 4 is 17.5 Å². The number of amides is 2. The highest BCUT2D eigenvalue weighted by Crippen LogP contribution is 2.27. The minimum absolute atomic E-state index is 0.0150. The van der Waals surface area contributed by atoms with E-state index in [-0.39, 0.29) is 23.8 Å². The Labute approximate surface area is 143 Å². The van der Waals surface area contributed by atoms with E-state index in [1.54, 1.807) is 12.0 Å². The Bertz CT molecular complexity index is 577. The predicted molar refractivity (Wildman–Crippen MR) is 93.1 cm³/mol. The number of nitrogens with one attached hydrogen (secondary N) is 1. The number of rotatable bonds is 4. The lowest BCUT2D eigenvalue weighted by atomic mass is 10.0. The van der Waals surface area contributed by atoms with Crippen molar-refractivity contribution < 1.29 is 14.3 Å². The first kappa shape index (κ1) is 16.8. The smallest absolute Gasteiger partial charge is 0.227 e. The maximum absolute atomic E-state index is 12.5. The molecular formula is C19H26N2O3. The van der Waals surface area contributed by atoms with Crippen LogP contribution in [0.15, 0.2) is 24.3 Å². The molecule has 0 radical (unpaired) electrons. The minimum Gasteiger partial charge on any atom is -0.497 e. The van der Waals surface area contributed by atoms with Gasteiger partial charge in [-0.25, -0.2) is 0 Å². The van der Waals surface area contributed by atoms with Crippen molar-refractivity contribution in [1.29, 1.82) is 0 Å². The van der Waals surface area contributed by atoms with Crippen LogP contribution in [0.5, 0.6) is 5.75 Å². The summed E-state index contributed by atoms with van der Waals surface area (Å²) in [7, 11) is 1.61. The molecule has 24 heavy (non-hydrogen) atoms. The topological polar surface area (TPSA) is 58.6 Å². The molecule has 1 aliphatic carbocycles. The third kappa shape index (κ3) is 3.89. The SMILES string of the molecule is COc1ccc(N2CC(C(=O)NC3CCCCCC3)CC2=O)cc1. The molecule has 1 heterocycles. The monoisotopic (exact) mass is 330 g/mol. The summed E-state index contributed by atoms with van der Waals surface area (Å²) in [6.07, 6.45) is 7.33. The molecule has 1 aromatic carbocycles. The number of carbonyl (C=O) groups is 2. The van der Waals surface area contributed by atoms with Gasteiger partial charge in [-0.05, 0) is 37.1 Å². The van der Waals surface area contributed by atoms with E-state index in [1.807, 2.05) is 24.3 Å². The largest absolute Gasteiger partial charge is 0.497 e. The van der Waals surface area contributed by atoms with Crippen LogP contribution in [0, 0.1) is 5.92 Å². The zero-order valence-corrected chi connectivity index (χ0v) is 14.3. The standard InChI is InChI=1S/C19H26N2O3/c1-24-17-10-8-16(9-11-17)21-13-14(12-18(21)22)19(23)20-15-6-4-2-3-5-7-15/h8-11,14-15H,2-7,12-13H2,1H3,(H,20,23). The van der Waals surface area contributed by atoms with Crippen LogP contribution in [-0.2, 0) is 9.59 Å². The normalized spacial score (nSPS) is 22.3. The van der Waals surface area contributed by atoms with Gasteiger partial charge < -0.3 is 15.0 Å². The fourth-order valence-corrected chi connectivity index (χ4v) is 3.64. The highest BCUT2D eigenvalue weighted by molar-refractivity contribution is 6.00. The van der Waals surface area contributed by atoms with Gasteiger partial charge in [0, 0.05) is 24.7 Å². The van der Waals surface area contributed by atoms with E-state index < -0.39 is 0 Å². The molecule has 1 aromatic rings. The molecule has 0 bridgehead atoms. The van der Waals surface area contributed by atoms with Crippen LogP contribution in [0.3, 0.4) is 0 Å². The van der Waals surface area contributed by atoms with Gasteiger partial charge in [-0.15, -0.1) is 0 Å². The molecule has 1 aliphatic heterocycles. The number of ether oxygens (including phenoxy) is 1. The van der Waals surface area contributed by atoms with E-state index in [2.05, 4.69) is 5.32 Å². The third-order valence-corrected chi connectivity index (χ3v) is 5.08. The van der Waals surface area contributed by atoms with E-state index >= 15 is 0 Å². The molecular weight excluding hydrogens is 304 g/mol. The number of benzene rings is 1. The van der Waals surface area contributed by atoms with Crippen LogP contribution in [-0.4, -0.2) is 31.5 Å². The molecule has 1 unspecified atom stereocenters. The van der Waals surface area contributed by atoms with Gasteiger partial charge >= 0.3 is 0 Å². The molecule has 1 N–H and O–H groups in total. The summed E-state index contributed by atoms with van der Waals surface area (Å²) >= 11 is 0. The second-order valence-corrected chi connectivity index (χ2v) is 6.80. The molecule has 0 aromatic heterocycles. The first-order chi connectivity index (χ1) is 11.7. The molecule has 0 spiro atoms. The van der Waals surface area contributed by atoms with E-state index in [1.165, 1.54) is 25.7 Å². The molecule has 5 nitrogen and oxygen atoms in total. The lowest BCUT2D eigenvalue weighted by Gasteiger charge is -2.20. The van der Waals surface area contributed by atoms with Gasteiger partial charge in [-0.3, -0.25) is 9.59 Å². The van der Waals surface area contributed by atoms with Crippen molar-refractivity contribution in [3.8, 4) is 5.75 Å². The molecule has 130 valence electrons. The van der Waals surface area contributed by atoms with E-state index in [4.69, 9.17) is 4.74 Å². The van der Waals surface area contributed by atoms with E-state index in [0.717, 1.165) is 24.3 Å². The maximum atomic E-state index is 12.5. The molecule has 2 amide bonds. The van der Waals surface area contributed by atoms with Crippen molar-refractivity contribution in [1.82, 2.24) is 5.32 Å². The van der Waals surface area contributed by atoms with Crippen molar-refractivity contribution in [2.45, 2.75) is 51.0 Å². The van der Waals surface area contributed by atoms with Gasteiger partial charge in [0.05, 0.1) is 13.0 Å². The van der Waals surface area contributed by atoms with Gasteiger partial charge in [0.2, 0.25) is 11.8 Å². The first-order valence-corrected chi connectivity index (χ1v) is 8.92. The Balaban J connectivity index is 1.59. The maximum Gasteiger partial charge on any atom is 0.227 e. The number of carbonyl (C=O) groups excluding carboxylic acids is 2. The zero-order valence-electron chi connectivity index (χ0n) is 14.3. The summed E-state index contributed by atoms with van der Waals surface area (Å²) in [5, 5.41) is 3.17. The first-order valence-electron chi connectivity index (χ1n) is 8.92. The van der Waals surface area contributed by atoms with Crippen LogP contribution in [0.2, 0.25) is 0 Å². The van der Waals surface area contributed by atoms with Gasteiger partial charge in [0.1, 0.15) is 5.75 Å². The average molecular weight is 330 g/mol. The van der Waals surface area contributed by atoms with E-state index in [0.29, 0.717) is 13.0 Å². The molecule has 1 atom stereocenters. The van der Waals surface area contributed by atoms with Gasteiger partial charge in [-0.2, -0.15) is 0 Å². The quantitative estimate of drug-likeness (QED) is 0.864. The summed E-state index contributed by atoms with van der Waals surface area (Å²) in [6, 6.07) is 7.68.